The Labute approximate surface area is 103 Å². The van der Waals surface area contributed by atoms with Crippen molar-refractivity contribution in [3.8, 4) is 0 Å². The summed E-state index contributed by atoms with van der Waals surface area (Å²) in [5.74, 6) is 3.33. The van der Waals surface area contributed by atoms with Crippen molar-refractivity contribution in [2.45, 2.75) is 34.1 Å². The maximum absolute atomic E-state index is 2.48. The van der Waals surface area contributed by atoms with Crippen LogP contribution in [0.4, 0.5) is 0 Å². The summed E-state index contributed by atoms with van der Waals surface area (Å²) < 4.78 is 0. The molecule has 1 aliphatic carbocycles. The second-order valence-electron chi connectivity index (χ2n) is 4.35. The van der Waals surface area contributed by atoms with E-state index in [0.29, 0.717) is 0 Å². The van der Waals surface area contributed by atoms with E-state index < -0.39 is 0 Å². The topological polar surface area (TPSA) is 0 Å². The van der Waals surface area contributed by atoms with Gasteiger partial charge in [-0.15, -0.1) is 0 Å². The van der Waals surface area contributed by atoms with Crippen LogP contribution in [0.25, 0.3) is 0 Å². The zero-order valence-electron chi connectivity index (χ0n) is 8.75. The maximum Gasteiger partial charge on any atom is 0 e. The Morgan fingerprint density at radius 1 is 0.917 bits per heavy atom. The van der Waals surface area contributed by atoms with Crippen molar-refractivity contribution >= 4 is 0 Å². The van der Waals surface area contributed by atoms with Crippen LogP contribution in [0.1, 0.15) is 34.1 Å². The predicted octanol–water partition coefficient (Wildman–Crippen LogP) is 3.34. The Bertz CT molecular complexity index is 104. The van der Waals surface area contributed by atoms with Gasteiger partial charge in [0, 0.05) is 32.7 Å². The van der Waals surface area contributed by atoms with Gasteiger partial charge < -0.3 is 19.3 Å². The minimum Gasteiger partial charge on any atom is -0.356 e. The van der Waals surface area contributed by atoms with E-state index >= 15 is 0 Å². The minimum atomic E-state index is 0. The zero-order valence-corrected chi connectivity index (χ0v) is 11.6. The van der Waals surface area contributed by atoms with Gasteiger partial charge in [-0.25, -0.2) is 0 Å². The fraction of sp³-hybridized carbons (Fsp3) is 0.818. The van der Waals surface area contributed by atoms with Gasteiger partial charge in [0.15, 0.2) is 0 Å². The third kappa shape index (κ3) is 3.11. The van der Waals surface area contributed by atoms with Gasteiger partial charge in [0.2, 0.25) is 0 Å². The van der Waals surface area contributed by atoms with Crippen LogP contribution in [-0.4, -0.2) is 0 Å². The average molecular weight is 241 g/mol. The molecule has 0 aromatic carbocycles. The molecule has 1 fully saturated rings. The molecule has 1 rings (SSSR count). The fourth-order valence-corrected chi connectivity index (χ4v) is 2.14. The van der Waals surface area contributed by atoms with Gasteiger partial charge in [0.25, 0.3) is 0 Å². The standard InChI is InChI=1S/C11H20.Y/c1-8(2)10-6-5-7-11(10)9(3)4;/h6-11H,5H2,1-4H3;/q-2;/t10-,11-;/m1./s1. The third-order valence-electron chi connectivity index (χ3n) is 2.80. The predicted molar refractivity (Wildman–Crippen MR) is 49.9 cm³/mol. The van der Waals surface area contributed by atoms with E-state index in [1.807, 2.05) is 0 Å². The maximum atomic E-state index is 2.48. The van der Waals surface area contributed by atoms with Gasteiger partial charge in [0.05, 0.1) is 0 Å². The Morgan fingerprint density at radius 3 is 1.50 bits per heavy atom. The third-order valence-corrected chi connectivity index (χ3v) is 2.80. The number of rotatable bonds is 2. The van der Waals surface area contributed by atoms with E-state index in [0.717, 1.165) is 23.7 Å². The van der Waals surface area contributed by atoms with Gasteiger partial charge in [-0.05, 0) is 0 Å². The average Bonchev–Trinajstić information content (AvgIpc) is 2.32. The normalized spacial score (nSPS) is 29.5. The van der Waals surface area contributed by atoms with E-state index in [9.17, 15) is 0 Å². The first-order chi connectivity index (χ1) is 5.13. The fourth-order valence-electron chi connectivity index (χ4n) is 2.14. The molecule has 1 radical (unpaired) electrons. The SMILES string of the molecule is CC(C)[C@H]1[CH-]C[CH-][C@@H]1C(C)C.[Y]. The summed E-state index contributed by atoms with van der Waals surface area (Å²) in [6, 6.07) is 0. The van der Waals surface area contributed by atoms with Crippen LogP contribution >= 0.6 is 0 Å². The first-order valence-corrected chi connectivity index (χ1v) is 4.79. The van der Waals surface area contributed by atoms with E-state index in [1.165, 1.54) is 6.42 Å². The molecule has 12 heavy (non-hydrogen) atoms. The molecule has 0 bridgehead atoms. The van der Waals surface area contributed by atoms with Crippen LogP contribution in [0.15, 0.2) is 0 Å². The summed E-state index contributed by atoms with van der Waals surface area (Å²) in [5.41, 5.74) is 0. The Balaban J connectivity index is 0.00000121. The van der Waals surface area contributed by atoms with Gasteiger partial charge in [-0.3, -0.25) is 0 Å². The summed E-state index contributed by atoms with van der Waals surface area (Å²) in [6.45, 7) is 9.32. The molecule has 0 saturated heterocycles. The van der Waals surface area contributed by atoms with Crippen LogP contribution in [-0.2, 0) is 32.7 Å². The second-order valence-corrected chi connectivity index (χ2v) is 4.35. The molecule has 0 aliphatic heterocycles. The molecule has 0 heterocycles. The molecule has 1 aliphatic rings. The molecule has 0 unspecified atom stereocenters. The van der Waals surface area contributed by atoms with Gasteiger partial charge >= 0.3 is 0 Å². The molecule has 1 heteroatoms. The summed E-state index contributed by atoms with van der Waals surface area (Å²) in [6.07, 6.45) is 6.19. The van der Waals surface area contributed by atoms with Crippen LogP contribution < -0.4 is 0 Å². The van der Waals surface area contributed by atoms with E-state index in [1.54, 1.807) is 0 Å². The van der Waals surface area contributed by atoms with Crippen molar-refractivity contribution in [1.82, 2.24) is 0 Å². The Morgan fingerprint density at radius 2 is 1.25 bits per heavy atom. The minimum absolute atomic E-state index is 0. The van der Waals surface area contributed by atoms with Gasteiger partial charge in [-0.2, -0.15) is 11.8 Å². The zero-order chi connectivity index (χ0) is 8.43. The number of hydrogen-bond acceptors (Lipinski definition) is 0. The van der Waals surface area contributed by atoms with Gasteiger partial charge in [-0.1, -0.05) is 39.5 Å². The molecule has 0 aromatic heterocycles. The van der Waals surface area contributed by atoms with E-state index in [4.69, 9.17) is 0 Å². The quantitative estimate of drug-likeness (QED) is 0.650. The van der Waals surface area contributed by atoms with Crippen molar-refractivity contribution in [2.24, 2.45) is 23.7 Å². The molecular weight excluding hydrogens is 221 g/mol. The summed E-state index contributed by atoms with van der Waals surface area (Å²) in [5, 5.41) is 0. The molecule has 0 amide bonds. The summed E-state index contributed by atoms with van der Waals surface area (Å²) >= 11 is 0. The summed E-state index contributed by atoms with van der Waals surface area (Å²) in [7, 11) is 0. The first-order valence-electron chi connectivity index (χ1n) is 4.79. The molecule has 2 atom stereocenters. The number of hydrogen-bond donors (Lipinski definition) is 0. The van der Waals surface area contributed by atoms with Crippen LogP contribution in [0, 0.1) is 36.5 Å². The monoisotopic (exact) mass is 241 g/mol. The van der Waals surface area contributed by atoms with Crippen molar-refractivity contribution in [1.29, 1.82) is 0 Å². The van der Waals surface area contributed by atoms with Crippen molar-refractivity contribution in [3.63, 3.8) is 0 Å². The first kappa shape index (κ1) is 13.1. The molecule has 0 N–H and O–H groups in total. The molecular formula is C11H20Y-2. The molecule has 0 nitrogen and oxygen atoms in total. The Kier molecular flexibility index (Phi) is 6.28. The molecule has 0 aromatic rings. The molecule has 69 valence electrons. The van der Waals surface area contributed by atoms with Crippen LogP contribution in [0.5, 0.6) is 0 Å². The van der Waals surface area contributed by atoms with Crippen molar-refractivity contribution in [2.75, 3.05) is 0 Å². The molecule has 1 saturated carbocycles. The second kappa shape index (κ2) is 5.75. The van der Waals surface area contributed by atoms with Crippen molar-refractivity contribution < 1.29 is 32.7 Å². The Hall–Kier alpha value is 1.10. The van der Waals surface area contributed by atoms with Crippen LogP contribution in [0.2, 0.25) is 0 Å². The summed E-state index contributed by atoms with van der Waals surface area (Å²) in [4.78, 5) is 0. The van der Waals surface area contributed by atoms with Gasteiger partial charge in [0.1, 0.15) is 0 Å². The van der Waals surface area contributed by atoms with E-state index in [-0.39, 0.29) is 32.7 Å². The largest absolute Gasteiger partial charge is 0.356 e. The smallest absolute Gasteiger partial charge is 0 e. The van der Waals surface area contributed by atoms with Crippen LogP contribution in [0.3, 0.4) is 0 Å². The van der Waals surface area contributed by atoms with Crippen molar-refractivity contribution in [3.05, 3.63) is 12.8 Å². The van der Waals surface area contributed by atoms with E-state index in [2.05, 4.69) is 40.5 Å². The molecule has 0 spiro atoms.